The molecule has 4 nitrogen and oxygen atoms in total. The van der Waals surface area contributed by atoms with Gasteiger partial charge in [0, 0.05) is 17.5 Å². The first-order valence-electron chi connectivity index (χ1n) is 6.40. The minimum absolute atomic E-state index is 0.0292. The first-order valence-corrected chi connectivity index (χ1v) is 7.56. The fourth-order valence-corrected chi connectivity index (χ4v) is 2.21. The zero-order chi connectivity index (χ0) is 14.1. The topological polar surface area (TPSA) is 50.4 Å². The molecule has 1 aromatic carbocycles. The maximum absolute atomic E-state index is 11.7. The minimum Gasteiger partial charge on any atom is -0.497 e. The number of methoxy groups -OCH3 is 1. The lowest BCUT2D eigenvalue weighted by Crippen LogP contribution is -2.35. The average Bonchev–Trinajstić information content (AvgIpc) is 2.43. The number of thioether (sulfide) groups is 1. The summed E-state index contributed by atoms with van der Waals surface area (Å²) in [4.78, 5) is 11.7. The summed E-state index contributed by atoms with van der Waals surface area (Å²) in [6.45, 7) is 4.55. The maximum Gasteiger partial charge on any atom is 0.238 e. The number of hydrogen-bond acceptors (Lipinski definition) is 4. The van der Waals surface area contributed by atoms with E-state index in [0.717, 1.165) is 22.9 Å². The fraction of sp³-hybridized carbons (Fsp3) is 0.500. The van der Waals surface area contributed by atoms with Crippen LogP contribution in [0.25, 0.3) is 0 Å². The SMILES string of the molecule is CCSCC(C)NCC(=O)Nc1ccc(OC)cc1. The van der Waals surface area contributed by atoms with E-state index in [4.69, 9.17) is 4.74 Å². The number of benzene rings is 1. The van der Waals surface area contributed by atoms with Crippen molar-refractivity contribution in [2.75, 3.05) is 30.5 Å². The molecule has 5 heteroatoms. The second kappa shape index (κ2) is 8.82. The Balaban J connectivity index is 2.30. The second-order valence-electron chi connectivity index (χ2n) is 4.22. The molecule has 106 valence electrons. The van der Waals surface area contributed by atoms with Gasteiger partial charge in [0.15, 0.2) is 0 Å². The molecular weight excluding hydrogens is 260 g/mol. The van der Waals surface area contributed by atoms with E-state index in [1.54, 1.807) is 7.11 Å². The lowest BCUT2D eigenvalue weighted by atomic mass is 10.3. The summed E-state index contributed by atoms with van der Waals surface area (Å²) in [5, 5.41) is 6.04. The van der Waals surface area contributed by atoms with Crippen LogP contribution >= 0.6 is 11.8 Å². The quantitative estimate of drug-likeness (QED) is 0.768. The summed E-state index contributed by atoms with van der Waals surface area (Å²) < 4.78 is 5.06. The molecule has 1 amide bonds. The molecule has 0 heterocycles. The van der Waals surface area contributed by atoms with Crippen molar-refractivity contribution in [2.45, 2.75) is 19.9 Å². The van der Waals surface area contributed by atoms with E-state index in [0.29, 0.717) is 12.6 Å². The molecule has 0 aliphatic carbocycles. The second-order valence-corrected chi connectivity index (χ2v) is 5.54. The van der Waals surface area contributed by atoms with Crippen molar-refractivity contribution in [1.29, 1.82) is 0 Å². The standard InChI is InChI=1S/C14H22N2O2S/c1-4-19-10-11(2)15-9-14(17)16-12-5-7-13(18-3)8-6-12/h5-8,11,15H,4,9-10H2,1-3H3,(H,16,17). The van der Waals surface area contributed by atoms with Gasteiger partial charge >= 0.3 is 0 Å². The Morgan fingerprint density at radius 1 is 1.37 bits per heavy atom. The summed E-state index contributed by atoms with van der Waals surface area (Å²) >= 11 is 1.87. The van der Waals surface area contributed by atoms with Crippen LogP contribution < -0.4 is 15.4 Å². The van der Waals surface area contributed by atoms with Gasteiger partial charge in [-0.05, 0) is 36.9 Å². The molecular formula is C14H22N2O2S. The number of ether oxygens (including phenoxy) is 1. The predicted molar refractivity (Wildman–Crippen MR) is 82.1 cm³/mol. The molecule has 0 aromatic heterocycles. The van der Waals surface area contributed by atoms with Crippen LogP contribution in [0.2, 0.25) is 0 Å². The third-order valence-corrected chi connectivity index (χ3v) is 3.70. The van der Waals surface area contributed by atoms with Crippen molar-refractivity contribution in [2.24, 2.45) is 0 Å². The molecule has 0 saturated carbocycles. The van der Waals surface area contributed by atoms with Gasteiger partial charge in [0.2, 0.25) is 5.91 Å². The summed E-state index contributed by atoms with van der Waals surface area (Å²) in [6.07, 6.45) is 0. The maximum atomic E-state index is 11.7. The van der Waals surface area contributed by atoms with Crippen molar-refractivity contribution < 1.29 is 9.53 Å². The highest BCUT2D eigenvalue weighted by atomic mass is 32.2. The Kier molecular flexibility index (Phi) is 7.36. The smallest absolute Gasteiger partial charge is 0.238 e. The zero-order valence-electron chi connectivity index (χ0n) is 11.7. The van der Waals surface area contributed by atoms with E-state index >= 15 is 0 Å². The Morgan fingerprint density at radius 2 is 2.05 bits per heavy atom. The van der Waals surface area contributed by atoms with E-state index in [1.165, 1.54) is 0 Å². The Bertz CT molecular complexity index is 382. The number of carbonyl (C=O) groups excluding carboxylic acids is 1. The first kappa shape index (κ1) is 15.9. The number of anilines is 1. The van der Waals surface area contributed by atoms with E-state index in [2.05, 4.69) is 24.5 Å². The third-order valence-electron chi connectivity index (χ3n) is 2.56. The Hall–Kier alpha value is -1.20. The number of rotatable bonds is 8. The van der Waals surface area contributed by atoms with Crippen LogP contribution in [-0.4, -0.2) is 37.1 Å². The van der Waals surface area contributed by atoms with Crippen LogP contribution in [0.4, 0.5) is 5.69 Å². The van der Waals surface area contributed by atoms with Crippen LogP contribution in [-0.2, 0) is 4.79 Å². The zero-order valence-corrected chi connectivity index (χ0v) is 12.5. The number of nitrogens with one attached hydrogen (secondary N) is 2. The van der Waals surface area contributed by atoms with Crippen molar-refractivity contribution >= 4 is 23.4 Å². The van der Waals surface area contributed by atoms with Gasteiger partial charge in [-0.15, -0.1) is 0 Å². The van der Waals surface area contributed by atoms with E-state index in [1.807, 2.05) is 36.0 Å². The number of carbonyl (C=O) groups is 1. The predicted octanol–water partition coefficient (Wildman–Crippen LogP) is 2.36. The fourth-order valence-electron chi connectivity index (χ4n) is 1.50. The van der Waals surface area contributed by atoms with Gasteiger partial charge in [-0.2, -0.15) is 11.8 Å². The molecule has 0 radical (unpaired) electrons. The molecule has 1 rings (SSSR count). The van der Waals surface area contributed by atoms with Gasteiger partial charge in [-0.25, -0.2) is 0 Å². The highest BCUT2D eigenvalue weighted by Gasteiger charge is 2.05. The summed E-state index contributed by atoms with van der Waals surface area (Å²) in [6, 6.07) is 7.64. The van der Waals surface area contributed by atoms with E-state index in [9.17, 15) is 4.79 Å². The van der Waals surface area contributed by atoms with Gasteiger partial charge in [0.1, 0.15) is 5.75 Å². The van der Waals surface area contributed by atoms with E-state index < -0.39 is 0 Å². The molecule has 0 fully saturated rings. The Morgan fingerprint density at radius 3 is 2.63 bits per heavy atom. The van der Waals surface area contributed by atoms with E-state index in [-0.39, 0.29) is 5.91 Å². The first-order chi connectivity index (χ1) is 9.15. The highest BCUT2D eigenvalue weighted by Crippen LogP contribution is 2.14. The van der Waals surface area contributed by atoms with Gasteiger partial charge < -0.3 is 15.4 Å². The number of hydrogen-bond donors (Lipinski definition) is 2. The van der Waals surface area contributed by atoms with Crippen molar-refractivity contribution in [3.63, 3.8) is 0 Å². The van der Waals surface area contributed by atoms with Crippen LogP contribution in [0, 0.1) is 0 Å². The third kappa shape index (κ3) is 6.50. The van der Waals surface area contributed by atoms with Crippen molar-refractivity contribution in [1.82, 2.24) is 5.32 Å². The average molecular weight is 282 g/mol. The largest absolute Gasteiger partial charge is 0.497 e. The van der Waals surface area contributed by atoms with Gasteiger partial charge in [0.05, 0.1) is 13.7 Å². The molecule has 19 heavy (non-hydrogen) atoms. The molecule has 2 N–H and O–H groups in total. The summed E-state index contributed by atoms with van der Waals surface area (Å²) in [5.41, 5.74) is 0.781. The normalized spacial score (nSPS) is 11.9. The summed E-state index contributed by atoms with van der Waals surface area (Å²) in [5.74, 6) is 2.87. The van der Waals surface area contributed by atoms with Gasteiger partial charge in [-0.1, -0.05) is 6.92 Å². The van der Waals surface area contributed by atoms with Gasteiger partial charge in [0.25, 0.3) is 0 Å². The highest BCUT2D eigenvalue weighted by molar-refractivity contribution is 7.99. The lowest BCUT2D eigenvalue weighted by Gasteiger charge is -2.13. The molecule has 0 aliphatic rings. The van der Waals surface area contributed by atoms with Crippen LogP contribution in [0.3, 0.4) is 0 Å². The van der Waals surface area contributed by atoms with Crippen LogP contribution in [0.1, 0.15) is 13.8 Å². The molecule has 1 unspecified atom stereocenters. The lowest BCUT2D eigenvalue weighted by molar-refractivity contribution is -0.115. The molecule has 1 atom stereocenters. The monoisotopic (exact) mass is 282 g/mol. The molecule has 0 bridgehead atoms. The van der Waals surface area contributed by atoms with Crippen molar-refractivity contribution in [3.8, 4) is 5.75 Å². The number of amides is 1. The molecule has 0 aliphatic heterocycles. The summed E-state index contributed by atoms with van der Waals surface area (Å²) in [7, 11) is 1.62. The molecule has 0 spiro atoms. The Labute approximate surface area is 119 Å². The molecule has 1 aromatic rings. The van der Waals surface area contributed by atoms with Gasteiger partial charge in [-0.3, -0.25) is 4.79 Å². The van der Waals surface area contributed by atoms with Crippen LogP contribution in [0.15, 0.2) is 24.3 Å². The molecule has 0 saturated heterocycles. The van der Waals surface area contributed by atoms with Crippen molar-refractivity contribution in [3.05, 3.63) is 24.3 Å². The minimum atomic E-state index is -0.0292. The van der Waals surface area contributed by atoms with Crippen LogP contribution in [0.5, 0.6) is 5.75 Å².